The number of anilines is 1. The van der Waals surface area contributed by atoms with E-state index in [1.807, 2.05) is 24.4 Å². The second-order valence-electron chi connectivity index (χ2n) is 6.31. The van der Waals surface area contributed by atoms with Gasteiger partial charge in [-0.15, -0.1) is 0 Å². The number of carbonyl (C=O) groups excluding carboxylic acids is 1. The molecule has 0 radical (unpaired) electrons. The number of carbonyl (C=O) groups is 1. The quantitative estimate of drug-likeness (QED) is 0.650. The molecule has 0 spiro atoms. The van der Waals surface area contributed by atoms with E-state index < -0.39 is 17.7 Å². The molecule has 1 atom stereocenters. The van der Waals surface area contributed by atoms with E-state index in [2.05, 4.69) is 10.3 Å². The third-order valence-electron chi connectivity index (χ3n) is 3.23. The Morgan fingerprint density at radius 2 is 2.18 bits per heavy atom. The van der Waals surface area contributed by atoms with Gasteiger partial charge in [-0.1, -0.05) is 6.07 Å². The van der Waals surface area contributed by atoms with E-state index in [-0.39, 0.29) is 6.61 Å². The largest absolute Gasteiger partial charge is 0.444 e. The van der Waals surface area contributed by atoms with Crippen LogP contribution in [0.25, 0.3) is 10.9 Å². The number of aliphatic hydroxyl groups excluding tert-OH is 1. The number of aromatic amines is 1. The first kappa shape index (κ1) is 16.2. The summed E-state index contributed by atoms with van der Waals surface area (Å²) in [6.45, 7) is 5.20. The number of fused-ring (bicyclic) bond motifs is 1. The van der Waals surface area contributed by atoms with Gasteiger partial charge in [0, 0.05) is 22.8 Å². The van der Waals surface area contributed by atoms with Crippen LogP contribution < -0.4 is 11.1 Å². The minimum atomic E-state index is -0.574. The first-order chi connectivity index (χ1) is 10.3. The number of aliphatic hydroxyl groups is 1. The average Bonchev–Trinajstić information content (AvgIpc) is 2.80. The SMILES string of the molecule is CC(C)(C)OC(=O)N[C@H](CO)Cc1c[nH]c2cccc(N)c12. The fourth-order valence-corrected chi connectivity index (χ4v) is 2.35. The number of nitrogen functional groups attached to an aromatic ring is 1. The van der Waals surface area contributed by atoms with E-state index >= 15 is 0 Å². The summed E-state index contributed by atoms with van der Waals surface area (Å²) < 4.78 is 5.21. The van der Waals surface area contributed by atoms with Crippen LogP contribution in [-0.2, 0) is 11.2 Å². The van der Waals surface area contributed by atoms with Crippen LogP contribution in [0, 0.1) is 0 Å². The number of hydrogen-bond donors (Lipinski definition) is 4. The zero-order valence-corrected chi connectivity index (χ0v) is 13.1. The summed E-state index contributed by atoms with van der Waals surface area (Å²) in [6.07, 6.45) is 1.77. The molecule has 120 valence electrons. The van der Waals surface area contributed by atoms with Crippen LogP contribution in [0.4, 0.5) is 10.5 Å². The molecule has 6 heteroatoms. The highest BCUT2D eigenvalue weighted by Gasteiger charge is 2.20. The molecule has 0 bridgehead atoms. The number of H-pyrrole nitrogens is 1. The van der Waals surface area contributed by atoms with Crippen molar-refractivity contribution in [1.82, 2.24) is 10.3 Å². The molecule has 0 fully saturated rings. The van der Waals surface area contributed by atoms with Crippen LogP contribution in [0.2, 0.25) is 0 Å². The maximum atomic E-state index is 11.8. The number of ether oxygens (including phenoxy) is 1. The topological polar surface area (TPSA) is 100 Å². The van der Waals surface area contributed by atoms with Crippen molar-refractivity contribution in [2.75, 3.05) is 12.3 Å². The standard InChI is InChI=1S/C16H23N3O3/c1-16(2,3)22-15(21)19-11(9-20)7-10-8-18-13-6-4-5-12(17)14(10)13/h4-6,8,11,18,20H,7,9,17H2,1-3H3,(H,19,21)/t11-/m0/s1. The van der Waals surface area contributed by atoms with E-state index in [1.54, 1.807) is 20.8 Å². The monoisotopic (exact) mass is 305 g/mol. The van der Waals surface area contributed by atoms with Crippen molar-refractivity contribution < 1.29 is 14.6 Å². The number of hydrogen-bond acceptors (Lipinski definition) is 4. The zero-order chi connectivity index (χ0) is 16.3. The summed E-state index contributed by atoms with van der Waals surface area (Å²) in [4.78, 5) is 15.0. The van der Waals surface area contributed by atoms with Crippen LogP contribution in [0.3, 0.4) is 0 Å². The summed E-state index contributed by atoms with van der Waals surface area (Å²) in [5, 5.41) is 13.1. The number of rotatable bonds is 4. The molecule has 2 aromatic rings. The molecular weight excluding hydrogens is 282 g/mol. The van der Waals surface area contributed by atoms with Crippen molar-refractivity contribution in [3.63, 3.8) is 0 Å². The van der Waals surface area contributed by atoms with Gasteiger partial charge in [0.25, 0.3) is 0 Å². The van der Waals surface area contributed by atoms with E-state index in [0.29, 0.717) is 12.1 Å². The molecule has 0 unspecified atom stereocenters. The minimum absolute atomic E-state index is 0.182. The molecule has 0 aliphatic rings. The normalized spacial score (nSPS) is 13.1. The highest BCUT2D eigenvalue weighted by Crippen LogP contribution is 2.25. The number of aromatic nitrogens is 1. The lowest BCUT2D eigenvalue weighted by Gasteiger charge is -2.22. The molecule has 0 aliphatic carbocycles. The number of nitrogens with two attached hydrogens (primary N) is 1. The molecule has 0 saturated carbocycles. The summed E-state index contributed by atoms with van der Waals surface area (Å²) in [5.41, 5.74) is 7.99. The van der Waals surface area contributed by atoms with E-state index in [1.165, 1.54) is 0 Å². The predicted octanol–water partition coefficient (Wildman–Crippen LogP) is 2.18. The van der Waals surface area contributed by atoms with Crippen molar-refractivity contribution in [3.05, 3.63) is 30.0 Å². The van der Waals surface area contributed by atoms with Crippen molar-refractivity contribution in [1.29, 1.82) is 0 Å². The Kier molecular flexibility index (Phi) is 4.61. The Labute approximate surface area is 129 Å². The number of nitrogens with one attached hydrogen (secondary N) is 2. The van der Waals surface area contributed by atoms with E-state index in [9.17, 15) is 9.90 Å². The van der Waals surface area contributed by atoms with Crippen molar-refractivity contribution in [2.45, 2.75) is 38.8 Å². The Balaban J connectivity index is 2.11. The Hall–Kier alpha value is -2.21. The van der Waals surface area contributed by atoms with Gasteiger partial charge in [-0.2, -0.15) is 0 Å². The average molecular weight is 305 g/mol. The molecule has 1 amide bonds. The van der Waals surface area contributed by atoms with Crippen molar-refractivity contribution >= 4 is 22.7 Å². The lowest BCUT2D eigenvalue weighted by Crippen LogP contribution is -2.42. The van der Waals surface area contributed by atoms with Gasteiger partial charge in [-0.05, 0) is 44.9 Å². The molecule has 1 heterocycles. The van der Waals surface area contributed by atoms with Crippen LogP contribution in [0.5, 0.6) is 0 Å². The zero-order valence-electron chi connectivity index (χ0n) is 13.1. The Morgan fingerprint density at radius 1 is 1.45 bits per heavy atom. The summed E-state index contributed by atoms with van der Waals surface area (Å²) in [7, 11) is 0. The van der Waals surface area contributed by atoms with Crippen LogP contribution in [0.15, 0.2) is 24.4 Å². The van der Waals surface area contributed by atoms with Gasteiger partial charge >= 0.3 is 6.09 Å². The highest BCUT2D eigenvalue weighted by molar-refractivity contribution is 5.93. The smallest absolute Gasteiger partial charge is 0.407 e. The minimum Gasteiger partial charge on any atom is -0.444 e. The van der Waals surface area contributed by atoms with Crippen LogP contribution in [0.1, 0.15) is 26.3 Å². The lowest BCUT2D eigenvalue weighted by molar-refractivity contribution is 0.0483. The van der Waals surface area contributed by atoms with E-state index in [4.69, 9.17) is 10.5 Å². The molecule has 1 aromatic heterocycles. The Bertz CT molecular complexity index is 658. The fourth-order valence-electron chi connectivity index (χ4n) is 2.35. The molecule has 5 N–H and O–H groups in total. The second-order valence-corrected chi connectivity index (χ2v) is 6.31. The number of amides is 1. The molecule has 22 heavy (non-hydrogen) atoms. The molecule has 2 rings (SSSR count). The van der Waals surface area contributed by atoms with Gasteiger partial charge in [0.05, 0.1) is 12.6 Å². The first-order valence-corrected chi connectivity index (χ1v) is 7.25. The molecule has 0 aliphatic heterocycles. The molecule has 1 aromatic carbocycles. The van der Waals surface area contributed by atoms with Gasteiger partial charge in [0.2, 0.25) is 0 Å². The second kappa shape index (κ2) is 6.27. The number of alkyl carbamates (subject to hydrolysis) is 1. The fraction of sp³-hybridized carbons (Fsp3) is 0.438. The maximum Gasteiger partial charge on any atom is 0.407 e. The maximum absolute atomic E-state index is 11.8. The molecule has 0 saturated heterocycles. The van der Waals surface area contributed by atoms with Crippen LogP contribution in [-0.4, -0.2) is 34.4 Å². The van der Waals surface area contributed by atoms with Crippen LogP contribution >= 0.6 is 0 Å². The summed E-state index contributed by atoms with van der Waals surface area (Å²) in [5.74, 6) is 0. The Morgan fingerprint density at radius 3 is 2.82 bits per heavy atom. The van der Waals surface area contributed by atoms with Gasteiger partial charge in [-0.3, -0.25) is 0 Å². The molecular formula is C16H23N3O3. The van der Waals surface area contributed by atoms with Gasteiger partial charge in [-0.25, -0.2) is 4.79 Å². The first-order valence-electron chi connectivity index (χ1n) is 7.25. The summed E-state index contributed by atoms with van der Waals surface area (Å²) >= 11 is 0. The molecule has 6 nitrogen and oxygen atoms in total. The van der Waals surface area contributed by atoms with Gasteiger partial charge in [0.1, 0.15) is 5.60 Å². The van der Waals surface area contributed by atoms with Crippen molar-refractivity contribution in [3.8, 4) is 0 Å². The van der Waals surface area contributed by atoms with Gasteiger partial charge < -0.3 is 25.9 Å². The van der Waals surface area contributed by atoms with Gasteiger partial charge in [0.15, 0.2) is 0 Å². The third kappa shape index (κ3) is 3.92. The van der Waals surface area contributed by atoms with Crippen molar-refractivity contribution in [2.24, 2.45) is 0 Å². The third-order valence-corrected chi connectivity index (χ3v) is 3.23. The highest BCUT2D eigenvalue weighted by atomic mass is 16.6. The van der Waals surface area contributed by atoms with E-state index in [0.717, 1.165) is 16.5 Å². The predicted molar refractivity (Wildman–Crippen MR) is 86.7 cm³/mol. The number of benzene rings is 1. The lowest BCUT2D eigenvalue weighted by atomic mass is 10.0. The summed E-state index contributed by atoms with van der Waals surface area (Å²) in [6, 6.07) is 5.20.